The van der Waals surface area contributed by atoms with Crippen molar-refractivity contribution in [2.45, 2.75) is 18.6 Å². The van der Waals surface area contributed by atoms with Crippen LogP contribution in [0.1, 0.15) is 5.56 Å². The van der Waals surface area contributed by atoms with Gasteiger partial charge in [-0.05, 0) is 31.2 Å². The molecule has 0 radical (unpaired) electrons. The average Bonchev–Trinajstić information content (AvgIpc) is 2.15. The minimum absolute atomic E-state index is 0.247. The lowest BCUT2D eigenvalue weighted by Crippen LogP contribution is -2.41. The monoisotopic (exact) mass is 271 g/mol. The Morgan fingerprint density at radius 3 is 2.12 bits per heavy atom. The highest BCUT2D eigenvalue weighted by atomic mass is 35.5. The third-order valence-electron chi connectivity index (χ3n) is 2.21. The van der Waals surface area contributed by atoms with E-state index in [2.05, 4.69) is 5.32 Å². The highest BCUT2D eigenvalue weighted by Gasteiger charge is 2.38. The molecular weight excluding hydrogens is 262 g/mol. The maximum Gasteiger partial charge on any atom is 0.404 e. The Bertz CT molecular complexity index is 345. The Kier molecular flexibility index (Phi) is 4.47. The van der Waals surface area contributed by atoms with Crippen molar-refractivity contribution < 1.29 is 13.2 Å². The van der Waals surface area contributed by atoms with Crippen molar-refractivity contribution in [2.75, 3.05) is 7.05 Å². The molecule has 0 aromatic heterocycles. The fourth-order valence-corrected chi connectivity index (χ4v) is 1.86. The van der Waals surface area contributed by atoms with Gasteiger partial charge in [0.1, 0.15) is 6.04 Å². The second-order valence-electron chi connectivity index (χ2n) is 3.29. The second-order valence-corrected chi connectivity index (χ2v) is 4.10. The molecule has 1 aromatic carbocycles. The standard InChI is InChI=1S/C10H10Cl2F3N/c1-16-9(10(13,14)15)5-6-7(11)3-2-4-8(6)12/h2-4,9,16H,5H2,1H3. The lowest BCUT2D eigenvalue weighted by molar-refractivity contribution is -0.154. The Balaban J connectivity index is 2.95. The number of hydrogen-bond acceptors (Lipinski definition) is 1. The molecule has 90 valence electrons. The largest absolute Gasteiger partial charge is 0.404 e. The zero-order valence-electron chi connectivity index (χ0n) is 8.41. The molecule has 0 amide bonds. The number of benzene rings is 1. The summed E-state index contributed by atoms with van der Waals surface area (Å²) in [4.78, 5) is 0. The molecule has 16 heavy (non-hydrogen) atoms. The smallest absolute Gasteiger partial charge is 0.309 e. The summed E-state index contributed by atoms with van der Waals surface area (Å²) in [5.41, 5.74) is 0.308. The van der Waals surface area contributed by atoms with Crippen molar-refractivity contribution in [3.8, 4) is 0 Å². The van der Waals surface area contributed by atoms with Gasteiger partial charge < -0.3 is 5.32 Å². The summed E-state index contributed by atoms with van der Waals surface area (Å²) >= 11 is 11.6. The molecule has 1 atom stereocenters. The van der Waals surface area contributed by atoms with Crippen LogP contribution in [0.2, 0.25) is 10.0 Å². The lowest BCUT2D eigenvalue weighted by atomic mass is 10.1. The molecule has 1 rings (SSSR count). The van der Waals surface area contributed by atoms with Gasteiger partial charge in [-0.25, -0.2) is 0 Å². The quantitative estimate of drug-likeness (QED) is 0.884. The minimum atomic E-state index is -4.32. The second kappa shape index (κ2) is 5.25. The van der Waals surface area contributed by atoms with Gasteiger partial charge in [0.05, 0.1) is 0 Å². The van der Waals surface area contributed by atoms with Crippen molar-refractivity contribution >= 4 is 23.2 Å². The van der Waals surface area contributed by atoms with Crippen LogP contribution < -0.4 is 5.32 Å². The van der Waals surface area contributed by atoms with Crippen LogP contribution in [0.4, 0.5) is 13.2 Å². The van der Waals surface area contributed by atoms with E-state index in [-0.39, 0.29) is 16.5 Å². The van der Waals surface area contributed by atoms with Gasteiger partial charge in [0.2, 0.25) is 0 Å². The first kappa shape index (κ1) is 13.6. The molecule has 0 aliphatic heterocycles. The van der Waals surface area contributed by atoms with Gasteiger partial charge in [0.15, 0.2) is 0 Å². The van der Waals surface area contributed by atoms with Crippen molar-refractivity contribution in [1.82, 2.24) is 5.32 Å². The van der Waals surface area contributed by atoms with Crippen LogP contribution in [0.5, 0.6) is 0 Å². The van der Waals surface area contributed by atoms with Crippen LogP contribution in [0.25, 0.3) is 0 Å². The Morgan fingerprint density at radius 2 is 1.75 bits per heavy atom. The van der Waals surface area contributed by atoms with E-state index in [1.165, 1.54) is 19.2 Å². The third kappa shape index (κ3) is 3.27. The zero-order chi connectivity index (χ0) is 12.3. The lowest BCUT2D eigenvalue weighted by Gasteiger charge is -2.20. The van der Waals surface area contributed by atoms with Crippen LogP contribution in [0, 0.1) is 0 Å². The van der Waals surface area contributed by atoms with Crippen LogP contribution >= 0.6 is 23.2 Å². The molecule has 0 bridgehead atoms. The van der Waals surface area contributed by atoms with Crippen molar-refractivity contribution in [2.24, 2.45) is 0 Å². The summed E-state index contributed by atoms with van der Waals surface area (Å²) in [6.07, 6.45) is -4.60. The summed E-state index contributed by atoms with van der Waals surface area (Å²) < 4.78 is 37.6. The normalized spacial score (nSPS) is 13.9. The Hall–Kier alpha value is -0.450. The van der Waals surface area contributed by atoms with Gasteiger partial charge in [-0.15, -0.1) is 0 Å². The molecule has 1 N–H and O–H groups in total. The number of halogens is 5. The first-order chi connectivity index (χ1) is 7.36. The maximum absolute atomic E-state index is 12.5. The third-order valence-corrected chi connectivity index (χ3v) is 2.92. The van der Waals surface area contributed by atoms with Gasteiger partial charge in [-0.1, -0.05) is 29.3 Å². The Labute approximate surface area is 102 Å². The first-order valence-corrected chi connectivity index (χ1v) is 5.28. The fourth-order valence-electron chi connectivity index (χ4n) is 1.31. The topological polar surface area (TPSA) is 12.0 Å². The number of alkyl halides is 3. The summed E-state index contributed by atoms with van der Waals surface area (Å²) in [5, 5.41) is 2.70. The molecule has 0 heterocycles. The molecule has 0 fully saturated rings. The summed E-state index contributed by atoms with van der Waals surface area (Å²) in [6, 6.07) is 2.98. The molecule has 1 unspecified atom stereocenters. The van der Waals surface area contributed by atoms with Crippen LogP contribution in [0.3, 0.4) is 0 Å². The Morgan fingerprint density at radius 1 is 1.25 bits per heavy atom. The highest BCUT2D eigenvalue weighted by molar-refractivity contribution is 6.36. The van der Waals surface area contributed by atoms with Gasteiger partial charge in [0.25, 0.3) is 0 Å². The van der Waals surface area contributed by atoms with E-state index < -0.39 is 12.2 Å². The van der Waals surface area contributed by atoms with E-state index in [9.17, 15) is 13.2 Å². The molecule has 0 aliphatic carbocycles. The minimum Gasteiger partial charge on any atom is -0.309 e. The predicted molar refractivity (Wildman–Crippen MR) is 59.1 cm³/mol. The number of rotatable bonds is 3. The first-order valence-electron chi connectivity index (χ1n) is 4.53. The van der Waals surface area contributed by atoms with Gasteiger partial charge in [-0.3, -0.25) is 0 Å². The van der Waals surface area contributed by atoms with Crippen molar-refractivity contribution in [3.63, 3.8) is 0 Å². The van der Waals surface area contributed by atoms with Crippen LogP contribution in [-0.2, 0) is 6.42 Å². The summed E-state index contributed by atoms with van der Waals surface area (Å²) in [7, 11) is 1.25. The van der Waals surface area contributed by atoms with E-state index in [1.54, 1.807) is 6.07 Å². The molecule has 6 heteroatoms. The van der Waals surface area contributed by atoms with E-state index in [0.717, 1.165) is 0 Å². The van der Waals surface area contributed by atoms with Crippen LogP contribution in [-0.4, -0.2) is 19.3 Å². The summed E-state index contributed by atoms with van der Waals surface area (Å²) in [5.74, 6) is 0. The van der Waals surface area contributed by atoms with E-state index in [0.29, 0.717) is 5.56 Å². The molecule has 0 saturated carbocycles. The summed E-state index contributed by atoms with van der Waals surface area (Å²) in [6.45, 7) is 0. The van der Waals surface area contributed by atoms with Gasteiger partial charge in [0, 0.05) is 10.0 Å². The molecule has 0 spiro atoms. The van der Waals surface area contributed by atoms with E-state index in [4.69, 9.17) is 23.2 Å². The van der Waals surface area contributed by atoms with Crippen LogP contribution in [0.15, 0.2) is 18.2 Å². The average molecular weight is 272 g/mol. The van der Waals surface area contributed by atoms with Gasteiger partial charge >= 0.3 is 6.18 Å². The molecule has 1 nitrogen and oxygen atoms in total. The zero-order valence-corrected chi connectivity index (χ0v) is 9.92. The van der Waals surface area contributed by atoms with E-state index >= 15 is 0 Å². The molecule has 1 aromatic rings. The number of likely N-dealkylation sites (N-methyl/N-ethyl adjacent to an activating group) is 1. The molecular formula is C10H10Cl2F3N. The van der Waals surface area contributed by atoms with Crippen molar-refractivity contribution in [1.29, 1.82) is 0 Å². The van der Waals surface area contributed by atoms with Gasteiger partial charge in [-0.2, -0.15) is 13.2 Å². The molecule has 0 aliphatic rings. The number of hydrogen-bond donors (Lipinski definition) is 1. The maximum atomic E-state index is 12.5. The predicted octanol–water partition coefficient (Wildman–Crippen LogP) is 3.69. The highest BCUT2D eigenvalue weighted by Crippen LogP contribution is 2.29. The SMILES string of the molecule is CNC(Cc1c(Cl)cccc1Cl)C(F)(F)F. The van der Waals surface area contributed by atoms with E-state index in [1.807, 2.05) is 0 Å². The fraction of sp³-hybridized carbons (Fsp3) is 0.400. The number of nitrogens with one attached hydrogen (secondary N) is 1. The molecule has 0 saturated heterocycles. The van der Waals surface area contributed by atoms with Crippen molar-refractivity contribution in [3.05, 3.63) is 33.8 Å².